The smallest absolute Gasteiger partial charge is 0.359 e. The summed E-state index contributed by atoms with van der Waals surface area (Å²) in [5.41, 5.74) is 2.92. The fourth-order valence-corrected chi connectivity index (χ4v) is 3.73. The largest absolute Gasteiger partial charge is 0.461 e. The van der Waals surface area contributed by atoms with Crippen LogP contribution in [0.15, 0.2) is 30.3 Å². The van der Waals surface area contributed by atoms with Crippen molar-refractivity contribution in [3.63, 3.8) is 0 Å². The molecular formula is C20H23N3O4. The van der Waals surface area contributed by atoms with E-state index >= 15 is 0 Å². The molecule has 7 nitrogen and oxygen atoms in total. The number of amides is 1. The molecule has 2 aromatic rings. The van der Waals surface area contributed by atoms with Crippen LogP contribution in [0.4, 0.5) is 0 Å². The lowest BCUT2D eigenvalue weighted by Gasteiger charge is -2.29. The number of esters is 1. The monoisotopic (exact) mass is 369 g/mol. The quantitative estimate of drug-likeness (QED) is 0.772. The van der Waals surface area contributed by atoms with Gasteiger partial charge in [0.15, 0.2) is 5.69 Å². The molecular weight excluding hydrogens is 346 g/mol. The van der Waals surface area contributed by atoms with E-state index < -0.39 is 5.97 Å². The van der Waals surface area contributed by atoms with E-state index in [2.05, 4.69) is 5.10 Å². The van der Waals surface area contributed by atoms with E-state index in [-0.39, 0.29) is 18.6 Å². The number of rotatable bonds is 4. The number of nitrogens with zero attached hydrogens (tertiary/aromatic N) is 3. The number of hydrogen-bond acceptors (Lipinski definition) is 5. The van der Waals surface area contributed by atoms with Crippen molar-refractivity contribution in [3.05, 3.63) is 47.3 Å². The number of hydrogen-bond donors (Lipinski definition) is 0. The van der Waals surface area contributed by atoms with Gasteiger partial charge < -0.3 is 14.4 Å². The molecule has 1 aromatic carbocycles. The van der Waals surface area contributed by atoms with Gasteiger partial charge in [-0.05, 0) is 31.9 Å². The van der Waals surface area contributed by atoms with Crippen molar-refractivity contribution in [3.8, 4) is 5.69 Å². The van der Waals surface area contributed by atoms with Crippen LogP contribution in [-0.4, -0.2) is 52.4 Å². The first-order valence-corrected chi connectivity index (χ1v) is 9.42. The average Bonchev–Trinajstić information content (AvgIpc) is 3.36. The van der Waals surface area contributed by atoms with E-state index in [1.165, 1.54) is 0 Å². The highest BCUT2D eigenvalue weighted by Gasteiger charge is 2.34. The Hall–Kier alpha value is -2.67. The van der Waals surface area contributed by atoms with Gasteiger partial charge in [0.1, 0.15) is 6.10 Å². The zero-order valence-electron chi connectivity index (χ0n) is 15.4. The summed E-state index contributed by atoms with van der Waals surface area (Å²) in [5, 5.41) is 4.54. The Kier molecular flexibility index (Phi) is 4.94. The third kappa shape index (κ3) is 3.35. The maximum atomic E-state index is 12.8. The molecule has 2 aliphatic heterocycles. The number of benzene rings is 1. The molecule has 27 heavy (non-hydrogen) atoms. The second-order valence-corrected chi connectivity index (χ2v) is 6.75. The molecule has 0 N–H and O–H groups in total. The fourth-order valence-electron chi connectivity index (χ4n) is 3.73. The third-order valence-corrected chi connectivity index (χ3v) is 5.04. The number of carbonyl (C=O) groups is 2. The molecule has 1 amide bonds. The third-order valence-electron chi connectivity index (χ3n) is 5.04. The zero-order valence-corrected chi connectivity index (χ0v) is 15.4. The Morgan fingerprint density at radius 3 is 2.81 bits per heavy atom. The van der Waals surface area contributed by atoms with Crippen molar-refractivity contribution in [1.29, 1.82) is 0 Å². The molecule has 1 aromatic heterocycles. The van der Waals surface area contributed by atoms with Gasteiger partial charge in [0.25, 0.3) is 5.91 Å². The maximum absolute atomic E-state index is 12.8. The van der Waals surface area contributed by atoms with E-state index in [4.69, 9.17) is 9.47 Å². The van der Waals surface area contributed by atoms with E-state index in [1.54, 1.807) is 16.5 Å². The molecule has 0 saturated carbocycles. The molecule has 0 bridgehead atoms. The fraction of sp³-hybridized carbons (Fsp3) is 0.450. The lowest BCUT2D eigenvalue weighted by molar-refractivity contribution is -0.141. The van der Waals surface area contributed by atoms with Crippen molar-refractivity contribution >= 4 is 11.9 Å². The molecule has 1 unspecified atom stereocenters. The summed E-state index contributed by atoms with van der Waals surface area (Å²) >= 11 is 0. The summed E-state index contributed by atoms with van der Waals surface area (Å²) in [7, 11) is 0. The predicted molar refractivity (Wildman–Crippen MR) is 97.6 cm³/mol. The van der Waals surface area contributed by atoms with Gasteiger partial charge in [-0.3, -0.25) is 4.79 Å². The van der Waals surface area contributed by atoms with Crippen molar-refractivity contribution < 1.29 is 19.1 Å². The van der Waals surface area contributed by atoms with Crippen LogP contribution in [0.5, 0.6) is 0 Å². The molecule has 1 fully saturated rings. The van der Waals surface area contributed by atoms with Gasteiger partial charge in [-0.15, -0.1) is 0 Å². The van der Waals surface area contributed by atoms with E-state index in [9.17, 15) is 9.59 Å². The summed E-state index contributed by atoms with van der Waals surface area (Å²) in [6.07, 6.45) is 1.95. The van der Waals surface area contributed by atoms with Gasteiger partial charge in [0.2, 0.25) is 0 Å². The molecule has 0 radical (unpaired) electrons. The van der Waals surface area contributed by atoms with Crippen LogP contribution in [0.3, 0.4) is 0 Å². The number of fused-ring (bicyclic) bond motifs is 1. The van der Waals surface area contributed by atoms with Crippen molar-refractivity contribution in [2.75, 3.05) is 19.8 Å². The van der Waals surface area contributed by atoms with Crippen molar-refractivity contribution in [1.82, 2.24) is 14.7 Å². The second-order valence-electron chi connectivity index (χ2n) is 6.75. The molecule has 4 rings (SSSR count). The van der Waals surface area contributed by atoms with E-state index in [1.807, 2.05) is 30.3 Å². The van der Waals surface area contributed by atoms with Gasteiger partial charge in [-0.25, -0.2) is 9.48 Å². The minimum absolute atomic E-state index is 0.000389. The predicted octanol–water partition coefficient (Wildman–Crippen LogP) is 2.11. The van der Waals surface area contributed by atoms with E-state index in [0.717, 1.165) is 29.8 Å². The van der Waals surface area contributed by atoms with Gasteiger partial charge in [0, 0.05) is 25.1 Å². The topological polar surface area (TPSA) is 73.7 Å². The van der Waals surface area contributed by atoms with E-state index in [0.29, 0.717) is 31.8 Å². The van der Waals surface area contributed by atoms with Gasteiger partial charge in [-0.1, -0.05) is 18.2 Å². The summed E-state index contributed by atoms with van der Waals surface area (Å²) < 4.78 is 12.5. The van der Waals surface area contributed by atoms with Crippen molar-refractivity contribution in [2.24, 2.45) is 0 Å². The summed E-state index contributed by atoms with van der Waals surface area (Å²) in [4.78, 5) is 27.0. The summed E-state index contributed by atoms with van der Waals surface area (Å²) in [6, 6.07) is 9.71. The highest BCUT2D eigenvalue weighted by Crippen LogP contribution is 2.27. The average molecular weight is 369 g/mol. The summed E-state index contributed by atoms with van der Waals surface area (Å²) in [6.45, 7) is 3.63. The molecule has 1 atom stereocenters. The van der Waals surface area contributed by atoms with Crippen LogP contribution in [0.1, 0.15) is 41.5 Å². The number of aromatic nitrogens is 2. The van der Waals surface area contributed by atoms with Crippen LogP contribution < -0.4 is 0 Å². The minimum Gasteiger partial charge on any atom is -0.461 e. The first kappa shape index (κ1) is 17.7. The van der Waals surface area contributed by atoms with Crippen LogP contribution in [0, 0.1) is 0 Å². The molecule has 2 aliphatic rings. The number of ether oxygens (including phenoxy) is 2. The van der Waals surface area contributed by atoms with Gasteiger partial charge >= 0.3 is 5.97 Å². The minimum atomic E-state index is -0.449. The van der Waals surface area contributed by atoms with Gasteiger partial charge in [0.05, 0.1) is 24.5 Å². The first-order valence-electron chi connectivity index (χ1n) is 9.42. The lowest BCUT2D eigenvalue weighted by Crippen LogP contribution is -2.42. The molecule has 7 heteroatoms. The Morgan fingerprint density at radius 1 is 1.30 bits per heavy atom. The maximum Gasteiger partial charge on any atom is 0.359 e. The Labute approximate surface area is 157 Å². The Bertz CT molecular complexity index is 840. The number of para-hydroxylation sites is 1. The highest BCUT2D eigenvalue weighted by molar-refractivity contribution is 5.90. The van der Waals surface area contributed by atoms with Crippen LogP contribution in [0.25, 0.3) is 5.69 Å². The van der Waals surface area contributed by atoms with Crippen molar-refractivity contribution in [2.45, 2.75) is 38.8 Å². The zero-order chi connectivity index (χ0) is 18.8. The Morgan fingerprint density at radius 2 is 2.11 bits per heavy atom. The first-order chi connectivity index (χ1) is 13.2. The normalized spacial score (nSPS) is 19.0. The van der Waals surface area contributed by atoms with Gasteiger partial charge in [-0.2, -0.15) is 5.10 Å². The molecule has 0 aliphatic carbocycles. The highest BCUT2D eigenvalue weighted by atomic mass is 16.5. The molecule has 142 valence electrons. The lowest BCUT2D eigenvalue weighted by atomic mass is 10.0. The standard InChI is InChI=1S/C20H23N3O4/c1-2-26-20(25)18-15-13-22(19(24)17-9-6-12-27-17)11-10-16(15)23(21-18)14-7-4-3-5-8-14/h3-5,7-8,17H,2,6,9-13H2,1H3. The Balaban J connectivity index is 1.69. The SMILES string of the molecule is CCOC(=O)c1nn(-c2ccccc2)c2c1CN(C(=O)C1CCCO1)CC2. The van der Waals surface area contributed by atoms with Crippen LogP contribution in [-0.2, 0) is 27.2 Å². The second kappa shape index (κ2) is 7.52. The molecule has 3 heterocycles. The molecule has 1 saturated heterocycles. The molecule has 0 spiro atoms. The summed E-state index contributed by atoms with van der Waals surface area (Å²) in [5.74, 6) is -0.449. The van der Waals surface area contributed by atoms with Crippen LogP contribution >= 0.6 is 0 Å². The van der Waals surface area contributed by atoms with Crippen LogP contribution in [0.2, 0.25) is 0 Å². The number of carbonyl (C=O) groups excluding carboxylic acids is 2.